The van der Waals surface area contributed by atoms with Gasteiger partial charge in [-0.1, -0.05) is 23.7 Å². The van der Waals surface area contributed by atoms with Crippen molar-refractivity contribution in [3.63, 3.8) is 0 Å². The van der Waals surface area contributed by atoms with E-state index in [1.165, 1.54) is 0 Å². The summed E-state index contributed by atoms with van der Waals surface area (Å²) in [6.45, 7) is 2.38. The van der Waals surface area contributed by atoms with Crippen LogP contribution < -0.4 is 10.5 Å². The van der Waals surface area contributed by atoms with Crippen molar-refractivity contribution in [3.05, 3.63) is 64.8 Å². The SMILES string of the molecule is Cc1cc(Cl)ccc1OCc1cc(-c2cccc(N)c2)n[nH]1. The maximum atomic E-state index is 5.94. The maximum absolute atomic E-state index is 5.94. The van der Waals surface area contributed by atoms with Gasteiger partial charge in [0, 0.05) is 16.3 Å². The van der Waals surface area contributed by atoms with Crippen molar-refractivity contribution in [2.45, 2.75) is 13.5 Å². The van der Waals surface area contributed by atoms with E-state index in [4.69, 9.17) is 22.1 Å². The quantitative estimate of drug-likeness (QED) is 0.709. The van der Waals surface area contributed by atoms with Gasteiger partial charge in [-0.25, -0.2) is 0 Å². The van der Waals surface area contributed by atoms with E-state index in [-0.39, 0.29) is 0 Å². The number of aromatic amines is 1. The number of anilines is 1. The first kappa shape index (κ1) is 14.5. The van der Waals surface area contributed by atoms with Gasteiger partial charge in [-0.15, -0.1) is 0 Å². The third-order valence-corrected chi connectivity index (χ3v) is 3.57. The van der Waals surface area contributed by atoms with Gasteiger partial charge >= 0.3 is 0 Å². The number of hydrogen-bond acceptors (Lipinski definition) is 3. The summed E-state index contributed by atoms with van der Waals surface area (Å²) in [6, 6.07) is 15.1. The molecule has 3 N–H and O–H groups in total. The molecule has 4 nitrogen and oxygen atoms in total. The second-order valence-electron chi connectivity index (χ2n) is 5.10. The summed E-state index contributed by atoms with van der Waals surface area (Å²) in [5, 5.41) is 7.98. The van der Waals surface area contributed by atoms with Crippen molar-refractivity contribution < 1.29 is 4.74 Å². The smallest absolute Gasteiger partial charge is 0.130 e. The number of nitrogens with two attached hydrogens (primary N) is 1. The molecule has 0 bridgehead atoms. The second kappa shape index (κ2) is 6.12. The molecule has 0 amide bonds. The van der Waals surface area contributed by atoms with E-state index in [0.717, 1.165) is 34.0 Å². The number of aromatic nitrogens is 2. The predicted octanol–water partition coefficient (Wildman–Crippen LogP) is 4.20. The Balaban J connectivity index is 1.72. The molecule has 3 rings (SSSR count). The first-order valence-electron chi connectivity index (χ1n) is 6.91. The topological polar surface area (TPSA) is 63.9 Å². The molecule has 0 fully saturated rings. The van der Waals surface area contributed by atoms with Crippen LogP contribution in [0, 0.1) is 6.92 Å². The largest absolute Gasteiger partial charge is 0.487 e. The van der Waals surface area contributed by atoms with Gasteiger partial charge in [-0.2, -0.15) is 5.10 Å². The number of hydrogen-bond donors (Lipinski definition) is 2. The molecule has 0 saturated heterocycles. The highest BCUT2D eigenvalue weighted by Crippen LogP contribution is 2.24. The monoisotopic (exact) mass is 313 g/mol. The molecule has 112 valence electrons. The summed E-state index contributed by atoms with van der Waals surface area (Å²) in [5.74, 6) is 0.810. The molecule has 2 aromatic carbocycles. The zero-order chi connectivity index (χ0) is 15.5. The van der Waals surface area contributed by atoms with E-state index in [0.29, 0.717) is 11.6 Å². The number of nitrogen functional groups attached to an aromatic ring is 1. The lowest BCUT2D eigenvalue weighted by Crippen LogP contribution is -1.97. The van der Waals surface area contributed by atoms with Crippen LogP contribution in [0.2, 0.25) is 5.02 Å². The van der Waals surface area contributed by atoms with E-state index in [2.05, 4.69) is 10.2 Å². The Bertz CT molecular complexity index is 798. The highest BCUT2D eigenvalue weighted by molar-refractivity contribution is 6.30. The van der Waals surface area contributed by atoms with E-state index in [1.807, 2.05) is 55.5 Å². The molecule has 0 aliphatic rings. The number of ether oxygens (including phenoxy) is 1. The summed E-state index contributed by atoms with van der Waals surface area (Å²) in [7, 11) is 0. The molecule has 22 heavy (non-hydrogen) atoms. The molecular weight excluding hydrogens is 298 g/mol. The van der Waals surface area contributed by atoms with Gasteiger partial charge in [0.05, 0.1) is 11.4 Å². The highest BCUT2D eigenvalue weighted by atomic mass is 35.5. The predicted molar refractivity (Wildman–Crippen MR) is 89.0 cm³/mol. The number of H-pyrrole nitrogens is 1. The van der Waals surface area contributed by atoms with Gasteiger partial charge in [0.25, 0.3) is 0 Å². The highest BCUT2D eigenvalue weighted by Gasteiger charge is 2.06. The lowest BCUT2D eigenvalue weighted by molar-refractivity contribution is 0.299. The molecule has 0 aliphatic heterocycles. The Morgan fingerprint density at radius 1 is 1.18 bits per heavy atom. The van der Waals surface area contributed by atoms with E-state index in [9.17, 15) is 0 Å². The summed E-state index contributed by atoms with van der Waals surface area (Å²) < 4.78 is 5.80. The Labute approximate surface area is 133 Å². The van der Waals surface area contributed by atoms with Crippen LogP contribution in [0.1, 0.15) is 11.3 Å². The van der Waals surface area contributed by atoms with Gasteiger partial charge in [-0.05, 0) is 48.9 Å². The average Bonchev–Trinajstić information content (AvgIpc) is 2.95. The average molecular weight is 314 g/mol. The summed E-state index contributed by atoms with van der Waals surface area (Å²) in [6.07, 6.45) is 0. The normalized spacial score (nSPS) is 10.6. The molecular formula is C17H16ClN3O. The molecule has 1 heterocycles. The fourth-order valence-electron chi connectivity index (χ4n) is 2.21. The van der Waals surface area contributed by atoms with Gasteiger partial charge < -0.3 is 10.5 Å². The molecule has 0 aliphatic carbocycles. The zero-order valence-electron chi connectivity index (χ0n) is 12.1. The number of nitrogens with one attached hydrogen (secondary N) is 1. The van der Waals surface area contributed by atoms with Crippen molar-refractivity contribution in [2.24, 2.45) is 0 Å². The lowest BCUT2D eigenvalue weighted by Gasteiger charge is -2.07. The fraction of sp³-hybridized carbons (Fsp3) is 0.118. The molecule has 0 radical (unpaired) electrons. The van der Waals surface area contributed by atoms with Crippen molar-refractivity contribution in [2.75, 3.05) is 5.73 Å². The molecule has 5 heteroatoms. The molecule has 1 aromatic heterocycles. The first-order chi connectivity index (χ1) is 10.6. The third kappa shape index (κ3) is 3.23. The number of halogens is 1. The van der Waals surface area contributed by atoms with Crippen LogP contribution in [0.15, 0.2) is 48.5 Å². The third-order valence-electron chi connectivity index (χ3n) is 3.33. The minimum atomic E-state index is 0.414. The van der Waals surface area contributed by atoms with Crippen molar-refractivity contribution >= 4 is 17.3 Å². The van der Waals surface area contributed by atoms with Crippen LogP contribution in [0.5, 0.6) is 5.75 Å². The molecule has 3 aromatic rings. The number of rotatable bonds is 4. The van der Waals surface area contributed by atoms with Crippen molar-refractivity contribution in [1.82, 2.24) is 10.2 Å². The number of aryl methyl sites for hydroxylation is 1. The van der Waals surface area contributed by atoms with Crippen LogP contribution in [0.4, 0.5) is 5.69 Å². The van der Waals surface area contributed by atoms with Gasteiger partial charge in [0.15, 0.2) is 0 Å². The summed E-state index contributed by atoms with van der Waals surface area (Å²) >= 11 is 5.94. The molecule has 0 saturated carbocycles. The van der Waals surface area contributed by atoms with Gasteiger partial charge in [0.2, 0.25) is 0 Å². The molecule has 0 spiro atoms. The Hall–Kier alpha value is -2.46. The summed E-state index contributed by atoms with van der Waals surface area (Å²) in [5.41, 5.74) is 10.2. The first-order valence-corrected chi connectivity index (χ1v) is 7.29. The van der Waals surface area contributed by atoms with Crippen LogP contribution in [-0.2, 0) is 6.61 Å². The second-order valence-corrected chi connectivity index (χ2v) is 5.54. The number of benzene rings is 2. The van der Waals surface area contributed by atoms with Crippen molar-refractivity contribution in [3.8, 4) is 17.0 Å². The van der Waals surface area contributed by atoms with Crippen molar-refractivity contribution in [1.29, 1.82) is 0 Å². The standard InChI is InChI=1S/C17H16ClN3O/c1-11-7-13(18)5-6-17(11)22-10-15-9-16(21-20-15)12-3-2-4-14(19)8-12/h2-9H,10,19H2,1H3,(H,20,21). The van der Waals surface area contributed by atoms with Crippen LogP contribution >= 0.6 is 11.6 Å². The summed E-state index contributed by atoms with van der Waals surface area (Å²) in [4.78, 5) is 0. The van der Waals surface area contributed by atoms with Crippen LogP contribution in [-0.4, -0.2) is 10.2 Å². The Morgan fingerprint density at radius 2 is 2.05 bits per heavy atom. The zero-order valence-corrected chi connectivity index (χ0v) is 12.9. The van der Waals surface area contributed by atoms with Crippen LogP contribution in [0.3, 0.4) is 0 Å². The Morgan fingerprint density at radius 3 is 2.82 bits per heavy atom. The molecule has 0 unspecified atom stereocenters. The van der Waals surface area contributed by atoms with E-state index in [1.54, 1.807) is 0 Å². The molecule has 0 atom stereocenters. The van der Waals surface area contributed by atoms with E-state index >= 15 is 0 Å². The number of nitrogens with zero attached hydrogens (tertiary/aromatic N) is 1. The maximum Gasteiger partial charge on any atom is 0.130 e. The minimum absolute atomic E-state index is 0.414. The minimum Gasteiger partial charge on any atom is -0.487 e. The van der Waals surface area contributed by atoms with Gasteiger partial charge in [-0.3, -0.25) is 5.10 Å². The Kier molecular flexibility index (Phi) is 4.02. The van der Waals surface area contributed by atoms with Crippen LogP contribution in [0.25, 0.3) is 11.3 Å². The van der Waals surface area contributed by atoms with E-state index < -0.39 is 0 Å². The fourth-order valence-corrected chi connectivity index (χ4v) is 2.44. The van der Waals surface area contributed by atoms with Gasteiger partial charge in [0.1, 0.15) is 12.4 Å². The lowest BCUT2D eigenvalue weighted by atomic mass is 10.1.